The van der Waals surface area contributed by atoms with Gasteiger partial charge in [-0.3, -0.25) is 14.4 Å². The Hall–Kier alpha value is -2.57. The number of carbonyl (C=O) groups is 3. The first kappa shape index (κ1) is 23.1. The molecule has 13 heteroatoms. The maximum Gasteiger partial charge on any atom is 0.309 e. The lowest BCUT2D eigenvalue weighted by Crippen LogP contribution is -2.56. The van der Waals surface area contributed by atoms with Crippen LogP contribution < -0.4 is 16.4 Å². The van der Waals surface area contributed by atoms with E-state index in [9.17, 15) is 14.4 Å². The summed E-state index contributed by atoms with van der Waals surface area (Å²) in [5, 5.41) is 13.8. The third-order valence-electron chi connectivity index (χ3n) is 5.65. The quantitative estimate of drug-likeness (QED) is 0.519. The van der Waals surface area contributed by atoms with Crippen molar-refractivity contribution >= 4 is 41.5 Å². The molecule has 168 valence electrons. The lowest BCUT2D eigenvalue weighted by atomic mass is 9.86. The van der Waals surface area contributed by atoms with Crippen LogP contribution in [-0.2, 0) is 22.6 Å². The Labute approximate surface area is 189 Å². The van der Waals surface area contributed by atoms with Crippen LogP contribution in [-0.4, -0.2) is 68.0 Å². The summed E-state index contributed by atoms with van der Waals surface area (Å²) >= 11 is 1.40. The number of thiazole rings is 1. The minimum Gasteiger partial charge on any atom is -0.361 e. The van der Waals surface area contributed by atoms with E-state index in [0.717, 1.165) is 36.5 Å². The SMILES string of the molecule is CN1CCc2nc(C(=O)N[C@@H]3C[C@@H](n4cnnc4)CC[C@@H]3NC(=O)C(N)=O)sc2C1.Cl. The topological polar surface area (TPSA) is 148 Å². The van der Waals surface area contributed by atoms with Gasteiger partial charge in [-0.1, -0.05) is 0 Å². The number of primary amides is 1. The molecule has 11 nitrogen and oxygen atoms in total. The molecule has 1 aliphatic carbocycles. The minimum absolute atomic E-state index is 0. The lowest BCUT2D eigenvalue weighted by Gasteiger charge is -2.36. The van der Waals surface area contributed by atoms with Gasteiger partial charge < -0.3 is 25.8 Å². The third kappa shape index (κ3) is 5.20. The van der Waals surface area contributed by atoms with Crippen LogP contribution in [0, 0.1) is 0 Å². The Kier molecular flexibility index (Phi) is 7.23. The predicted molar refractivity (Wildman–Crippen MR) is 115 cm³/mol. The summed E-state index contributed by atoms with van der Waals surface area (Å²) in [6.07, 6.45) is 5.97. The number of halogens is 1. The van der Waals surface area contributed by atoms with Crippen molar-refractivity contribution in [1.82, 2.24) is 35.3 Å². The molecule has 1 aliphatic heterocycles. The number of rotatable bonds is 4. The highest BCUT2D eigenvalue weighted by Gasteiger charge is 2.35. The van der Waals surface area contributed by atoms with Crippen molar-refractivity contribution in [3.8, 4) is 0 Å². The van der Waals surface area contributed by atoms with Crippen molar-refractivity contribution in [2.75, 3.05) is 13.6 Å². The summed E-state index contributed by atoms with van der Waals surface area (Å²) in [6, 6.07) is -0.710. The summed E-state index contributed by atoms with van der Waals surface area (Å²) in [7, 11) is 2.04. The van der Waals surface area contributed by atoms with Gasteiger partial charge in [-0.2, -0.15) is 0 Å². The van der Waals surface area contributed by atoms with Gasteiger partial charge in [-0.25, -0.2) is 4.98 Å². The molecule has 0 spiro atoms. The van der Waals surface area contributed by atoms with Crippen molar-refractivity contribution < 1.29 is 14.4 Å². The number of carbonyl (C=O) groups excluding carboxylic acids is 3. The molecule has 2 aromatic rings. The van der Waals surface area contributed by atoms with Gasteiger partial charge in [0.2, 0.25) is 0 Å². The largest absolute Gasteiger partial charge is 0.361 e. The summed E-state index contributed by atoms with van der Waals surface area (Å²) in [4.78, 5) is 43.8. The molecule has 31 heavy (non-hydrogen) atoms. The Morgan fingerprint density at radius 1 is 1.16 bits per heavy atom. The lowest BCUT2D eigenvalue weighted by molar-refractivity contribution is -0.138. The molecule has 1 fully saturated rings. The van der Waals surface area contributed by atoms with E-state index in [1.54, 1.807) is 12.7 Å². The molecule has 3 amide bonds. The summed E-state index contributed by atoms with van der Waals surface area (Å²) in [5.74, 6) is -2.17. The van der Waals surface area contributed by atoms with Gasteiger partial charge in [-0.05, 0) is 26.3 Å². The van der Waals surface area contributed by atoms with Gasteiger partial charge in [-0.15, -0.1) is 33.9 Å². The average molecular weight is 469 g/mol. The van der Waals surface area contributed by atoms with E-state index in [1.165, 1.54) is 11.3 Å². The number of amides is 3. The molecule has 1 saturated carbocycles. The third-order valence-corrected chi connectivity index (χ3v) is 6.74. The van der Waals surface area contributed by atoms with E-state index in [-0.39, 0.29) is 30.4 Å². The molecule has 4 N–H and O–H groups in total. The summed E-state index contributed by atoms with van der Waals surface area (Å²) in [6.45, 7) is 1.71. The number of hydrogen-bond acceptors (Lipinski definition) is 8. The Morgan fingerprint density at radius 2 is 1.90 bits per heavy atom. The van der Waals surface area contributed by atoms with E-state index >= 15 is 0 Å². The first-order valence-electron chi connectivity index (χ1n) is 9.83. The van der Waals surface area contributed by atoms with Crippen LogP contribution in [0.3, 0.4) is 0 Å². The second-order valence-electron chi connectivity index (χ2n) is 7.78. The first-order chi connectivity index (χ1) is 14.4. The smallest absolute Gasteiger partial charge is 0.309 e. The molecule has 2 aromatic heterocycles. The molecule has 4 rings (SSSR count). The standard InChI is InChI=1S/C18H24N8O3S.ClH/c1-25-5-4-12-14(7-25)30-18(24-12)17(29)23-13-6-10(26-8-20-21-9-26)2-3-11(13)22-16(28)15(19)27;/h8-11,13H,2-7H2,1H3,(H2,19,27)(H,22,28)(H,23,29);1H/t10-,11-,13+;/m0./s1. The molecule has 0 aromatic carbocycles. The van der Waals surface area contributed by atoms with E-state index in [2.05, 4.69) is 30.7 Å². The highest BCUT2D eigenvalue weighted by molar-refractivity contribution is 7.13. The fourth-order valence-corrected chi connectivity index (χ4v) is 5.13. The number of aromatic nitrogens is 4. The van der Waals surface area contributed by atoms with Crippen molar-refractivity contribution in [2.24, 2.45) is 5.73 Å². The molecule has 2 aliphatic rings. The van der Waals surface area contributed by atoms with E-state index in [4.69, 9.17) is 5.73 Å². The fraction of sp³-hybridized carbons (Fsp3) is 0.556. The predicted octanol–water partition coefficient (Wildman–Crippen LogP) is -0.362. The van der Waals surface area contributed by atoms with Crippen molar-refractivity contribution in [3.63, 3.8) is 0 Å². The summed E-state index contributed by atoms with van der Waals surface area (Å²) < 4.78 is 1.89. The molecule has 3 heterocycles. The highest BCUT2D eigenvalue weighted by atomic mass is 35.5. The Bertz CT molecular complexity index is 950. The maximum absolute atomic E-state index is 13.0. The van der Waals surface area contributed by atoms with Crippen LogP contribution in [0.1, 0.15) is 45.7 Å². The van der Waals surface area contributed by atoms with E-state index < -0.39 is 17.9 Å². The minimum atomic E-state index is -1.04. The number of nitrogens with two attached hydrogens (primary N) is 1. The average Bonchev–Trinajstić information content (AvgIpc) is 3.38. The summed E-state index contributed by atoms with van der Waals surface area (Å²) in [5.41, 5.74) is 6.07. The maximum atomic E-state index is 13.0. The van der Waals surface area contributed by atoms with Gasteiger partial charge in [0.1, 0.15) is 12.7 Å². The van der Waals surface area contributed by atoms with Gasteiger partial charge in [0, 0.05) is 36.5 Å². The zero-order valence-electron chi connectivity index (χ0n) is 17.0. The molecule has 3 atom stereocenters. The zero-order chi connectivity index (χ0) is 21.3. The highest BCUT2D eigenvalue weighted by Crippen LogP contribution is 2.30. The van der Waals surface area contributed by atoms with Crippen molar-refractivity contribution in [3.05, 3.63) is 28.2 Å². The van der Waals surface area contributed by atoms with E-state index in [1.807, 2.05) is 11.6 Å². The first-order valence-corrected chi connectivity index (χ1v) is 10.6. The molecule has 0 saturated heterocycles. The number of nitrogens with zero attached hydrogens (tertiary/aromatic N) is 5. The van der Waals surface area contributed by atoms with Crippen molar-refractivity contribution in [1.29, 1.82) is 0 Å². The zero-order valence-corrected chi connectivity index (χ0v) is 18.6. The van der Waals surface area contributed by atoms with Crippen LogP contribution in [0.4, 0.5) is 0 Å². The van der Waals surface area contributed by atoms with Crippen LogP contribution in [0.15, 0.2) is 12.7 Å². The van der Waals surface area contributed by atoms with Gasteiger partial charge in [0.05, 0.1) is 11.7 Å². The fourth-order valence-electron chi connectivity index (χ4n) is 4.04. The molecular formula is C18H25ClN8O3S. The monoisotopic (exact) mass is 468 g/mol. The number of hydrogen-bond donors (Lipinski definition) is 3. The molecule has 0 unspecified atom stereocenters. The van der Waals surface area contributed by atoms with Crippen LogP contribution in [0.5, 0.6) is 0 Å². The second-order valence-corrected chi connectivity index (χ2v) is 8.86. The van der Waals surface area contributed by atoms with Gasteiger partial charge >= 0.3 is 11.8 Å². The molecule has 0 bridgehead atoms. The normalized spacial score (nSPS) is 23.3. The van der Waals surface area contributed by atoms with Crippen LogP contribution in [0.25, 0.3) is 0 Å². The Balaban J connectivity index is 0.00000272. The molecular weight excluding hydrogens is 444 g/mol. The second kappa shape index (κ2) is 9.71. The molecule has 0 radical (unpaired) electrons. The number of nitrogens with one attached hydrogen (secondary N) is 2. The van der Waals surface area contributed by atoms with Crippen LogP contribution >= 0.6 is 23.7 Å². The van der Waals surface area contributed by atoms with Gasteiger partial charge in [0.15, 0.2) is 5.01 Å². The van der Waals surface area contributed by atoms with Gasteiger partial charge in [0.25, 0.3) is 5.91 Å². The van der Waals surface area contributed by atoms with E-state index in [0.29, 0.717) is 17.8 Å². The van der Waals surface area contributed by atoms with Crippen molar-refractivity contribution in [2.45, 2.75) is 50.4 Å². The number of likely N-dealkylation sites (N-methyl/N-ethyl adjacent to an activating group) is 1. The van der Waals surface area contributed by atoms with Crippen LogP contribution in [0.2, 0.25) is 0 Å². The Morgan fingerprint density at radius 3 is 2.61 bits per heavy atom. The number of fused-ring (bicyclic) bond motifs is 1.